The zero-order valence-electron chi connectivity index (χ0n) is 11.1. The van der Waals surface area contributed by atoms with Gasteiger partial charge in [-0.05, 0) is 31.8 Å². The van der Waals surface area contributed by atoms with E-state index < -0.39 is 0 Å². The van der Waals surface area contributed by atoms with Gasteiger partial charge in [0.25, 0.3) is 0 Å². The Bertz CT molecular complexity index is 185. The Labute approximate surface area is 100 Å². The van der Waals surface area contributed by atoms with Gasteiger partial charge in [-0.25, -0.2) is 0 Å². The molecule has 0 aromatic heterocycles. The topological polar surface area (TPSA) is 35.5 Å². The van der Waals surface area contributed by atoms with Crippen molar-refractivity contribution in [2.24, 2.45) is 5.92 Å². The highest BCUT2D eigenvalue weighted by atomic mass is 16.3. The molecular weight excluding hydrogens is 200 g/mol. The van der Waals surface area contributed by atoms with Crippen LogP contribution in [0.15, 0.2) is 0 Å². The summed E-state index contributed by atoms with van der Waals surface area (Å²) < 4.78 is 0. The molecule has 0 saturated carbocycles. The summed E-state index contributed by atoms with van der Waals surface area (Å²) in [5, 5.41) is 12.8. The van der Waals surface area contributed by atoms with Crippen molar-refractivity contribution in [2.75, 3.05) is 26.2 Å². The Kier molecular flexibility index (Phi) is 6.32. The molecule has 0 aliphatic carbocycles. The van der Waals surface area contributed by atoms with Crippen LogP contribution in [0.5, 0.6) is 0 Å². The number of hydrogen-bond donors (Lipinski definition) is 2. The van der Waals surface area contributed by atoms with E-state index in [-0.39, 0.29) is 0 Å². The minimum absolute atomic E-state index is 0.324. The second kappa shape index (κ2) is 7.25. The molecule has 1 rings (SSSR count). The monoisotopic (exact) mass is 228 g/mol. The molecule has 0 aromatic rings. The van der Waals surface area contributed by atoms with Crippen molar-refractivity contribution in [1.29, 1.82) is 0 Å². The van der Waals surface area contributed by atoms with Crippen LogP contribution in [0.3, 0.4) is 0 Å². The molecule has 2 unspecified atom stereocenters. The summed E-state index contributed by atoms with van der Waals surface area (Å²) in [5.41, 5.74) is 0. The molecule has 0 aromatic carbocycles. The van der Waals surface area contributed by atoms with Crippen molar-refractivity contribution in [3.8, 4) is 0 Å². The van der Waals surface area contributed by atoms with E-state index in [0.717, 1.165) is 19.6 Å². The molecule has 16 heavy (non-hydrogen) atoms. The van der Waals surface area contributed by atoms with Crippen LogP contribution < -0.4 is 5.32 Å². The van der Waals surface area contributed by atoms with Gasteiger partial charge in [0, 0.05) is 18.6 Å². The standard InChI is InChI=1S/C13H28N2O/c1-11(2)14-8-12(3)9-15-7-5-4-6-13(15)10-16/h11-14,16H,4-10H2,1-3H3. The highest BCUT2D eigenvalue weighted by molar-refractivity contribution is 4.78. The zero-order chi connectivity index (χ0) is 12.0. The van der Waals surface area contributed by atoms with Crippen LogP contribution in [-0.2, 0) is 0 Å². The molecule has 3 heteroatoms. The first kappa shape index (κ1) is 13.9. The van der Waals surface area contributed by atoms with Gasteiger partial charge >= 0.3 is 0 Å². The zero-order valence-corrected chi connectivity index (χ0v) is 11.1. The fraction of sp³-hybridized carbons (Fsp3) is 1.00. The number of aliphatic hydroxyl groups is 1. The van der Waals surface area contributed by atoms with E-state index in [1.807, 2.05) is 0 Å². The van der Waals surface area contributed by atoms with E-state index in [2.05, 4.69) is 31.0 Å². The fourth-order valence-corrected chi connectivity index (χ4v) is 2.41. The summed E-state index contributed by atoms with van der Waals surface area (Å²) in [6.45, 7) is 10.3. The SMILES string of the molecule is CC(CNC(C)C)CN1CCCCC1CO. The number of likely N-dealkylation sites (tertiary alicyclic amines) is 1. The van der Waals surface area contributed by atoms with E-state index in [9.17, 15) is 5.11 Å². The van der Waals surface area contributed by atoms with Gasteiger partial charge in [0.15, 0.2) is 0 Å². The first-order valence-electron chi connectivity index (χ1n) is 6.71. The predicted octanol–water partition coefficient (Wildman–Crippen LogP) is 1.47. The maximum Gasteiger partial charge on any atom is 0.0586 e. The van der Waals surface area contributed by atoms with Gasteiger partial charge in [-0.15, -0.1) is 0 Å². The lowest BCUT2D eigenvalue weighted by Gasteiger charge is -2.36. The molecule has 0 spiro atoms. The second-order valence-electron chi connectivity index (χ2n) is 5.50. The van der Waals surface area contributed by atoms with Gasteiger partial charge < -0.3 is 10.4 Å². The van der Waals surface area contributed by atoms with Crippen LogP contribution in [0, 0.1) is 5.92 Å². The Morgan fingerprint density at radius 1 is 1.31 bits per heavy atom. The molecule has 1 saturated heterocycles. The van der Waals surface area contributed by atoms with Gasteiger partial charge in [-0.2, -0.15) is 0 Å². The van der Waals surface area contributed by atoms with Crippen molar-refractivity contribution in [3.05, 3.63) is 0 Å². The van der Waals surface area contributed by atoms with Crippen LogP contribution in [0.4, 0.5) is 0 Å². The van der Waals surface area contributed by atoms with Crippen LogP contribution in [0.1, 0.15) is 40.0 Å². The number of nitrogens with one attached hydrogen (secondary N) is 1. The van der Waals surface area contributed by atoms with E-state index in [1.54, 1.807) is 0 Å². The third-order valence-electron chi connectivity index (χ3n) is 3.38. The Hall–Kier alpha value is -0.120. The minimum Gasteiger partial charge on any atom is -0.395 e. The summed E-state index contributed by atoms with van der Waals surface area (Å²) in [7, 11) is 0. The Balaban J connectivity index is 2.27. The van der Waals surface area contributed by atoms with Crippen molar-refractivity contribution in [1.82, 2.24) is 10.2 Å². The number of nitrogens with zero attached hydrogens (tertiary/aromatic N) is 1. The van der Waals surface area contributed by atoms with Gasteiger partial charge in [-0.1, -0.05) is 27.2 Å². The summed E-state index contributed by atoms with van der Waals surface area (Å²) in [6, 6.07) is 0.979. The average Bonchev–Trinajstić information content (AvgIpc) is 2.27. The van der Waals surface area contributed by atoms with Crippen LogP contribution in [0.2, 0.25) is 0 Å². The minimum atomic E-state index is 0.324. The van der Waals surface area contributed by atoms with E-state index in [0.29, 0.717) is 24.6 Å². The summed E-state index contributed by atoms with van der Waals surface area (Å²) >= 11 is 0. The molecule has 96 valence electrons. The van der Waals surface area contributed by atoms with Crippen molar-refractivity contribution in [3.63, 3.8) is 0 Å². The smallest absolute Gasteiger partial charge is 0.0586 e. The molecule has 0 amide bonds. The lowest BCUT2D eigenvalue weighted by molar-refractivity contribution is 0.0778. The largest absolute Gasteiger partial charge is 0.395 e. The average molecular weight is 228 g/mol. The molecule has 0 bridgehead atoms. The molecule has 2 atom stereocenters. The third kappa shape index (κ3) is 4.81. The highest BCUT2D eigenvalue weighted by Gasteiger charge is 2.22. The molecule has 1 heterocycles. The van der Waals surface area contributed by atoms with Crippen LogP contribution in [0.25, 0.3) is 0 Å². The summed E-state index contributed by atoms with van der Waals surface area (Å²) in [6.07, 6.45) is 3.74. The van der Waals surface area contributed by atoms with Crippen LogP contribution in [-0.4, -0.2) is 48.3 Å². The number of piperidine rings is 1. The lowest BCUT2D eigenvalue weighted by atomic mass is 10.0. The van der Waals surface area contributed by atoms with E-state index in [4.69, 9.17) is 0 Å². The summed E-state index contributed by atoms with van der Waals surface area (Å²) in [5.74, 6) is 0.662. The number of hydrogen-bond acceptors (Lipinski definition) is 3. The second-order valence-corrected chi connectivity index (χ2v) is 5.50. The van der Waals surface area contributed by atoms with E-state index >= 15 is 0 Å². The third-order valence-corrected chi connectivity index (χ3v) is 3.38. The lowest BCUT2D eigenvalue weighted by Crippen LogP contribution is -2.45. The molecule has 2 N–H and O–H groups in total. The molecule has 3 nitrogen and oxygen atoms in total. The van der Waals surface area contributed by atoms with Gasteiger partial charge in [-0.3, -0.25) is 4.90 Å². The molecule has 1 aliphatic rings. The number of rotatable bonds is 6. The highest BCUT2D eigenvalue weighted by Crippen LogP contribution is 2.17. The molecule has 0 radical (unpaired) electrons. The molecule has 1 aliphatic heterocycles. The molecular formula is C13H28N2O. The molecule has 1 fully saturated rings. The van der Waals surface area contributed by atoms with Gasteiger partial charge in [0.1, 0.15) is 0 Å². The summed E-state index contributed by atoms with van der Waals surface area (Å²) in [4.78, 5) is 2.47. The normalized spacial score (nSPS) is 24.9. The van der Waals surface area contributed by atoms with Crippen molar-refractivity contribution in [2.45, 2.75) is 52.1 Å². The maximum atomic E-state index is 9.34. The Morgan fingerprint density at radius 2 is 2.06 bits per heavy atom. The van der Waals surface area contributed by atoms with Crippen molar-refractivity contribution < 1.29 is 5.11 Å². The first-order chi connectivity index (χ1) is 7.63. The van der Waals surface area contributed by atoms with E-state index in [1.165, 1.54) is 19.3 Å². The fourth-order valence-electron chi connectivity index (χ4n) is 2.41. The van der Waals surface area contributed by atoms with Gasteiger partial charge in [0.2, 0.25) is 0 Å². The first-order valence-corrected chi connectivity index (χ1v) is 6.71. The Morgan fingerprint density at radius 3 is 2.69 bits per heavy atom. The van der Waals surface area contributed by atoms with Gasteiger partial charge in [0.05, 0.1) is 6.61 Å². The van der Waals surface area contributed by atoms with Crippen LogP contribution >= 0.6 is 0 Å². The predicted molar refractivity (Wildman–Crippen MR) is 68.6 cm³/mol. The maximum absolute atomic E-state index is 9.34. The van der Waals surface area contributed by atoms with Crippen molar-refractivity contribution >= 4 is 0 Å². The quantitative estimate of drug-likeness (QED) is 0.722. The number of aliphatic hydroxyl groups excluding tert-OH is 1.